The molecule has 7 nitrogen and oxygen atoms in total. The number of aryl methyl sites for hydroxylation is 3. The molecule has 0 bridgehead atoms. The lowest BCUT2D eigenvalue weighted by molar-refractivity contribution is 0.0470. The van der Waals surface area contributed by atoms with Gasteiger partial charge in [0.05, 0.1) is 12.5 Å². The van der Waals surface area contributed by atoms with Crippen LogP contribution in [0.3, 0.4) is 0 Å². The Labute approximate surface area is 160 Å². The molecule has 0 aliphatic rings. The maximum Gasteiger partial charge on any atom is 0.342 e. The molecule has 0 spiro atoms. The molecule has 0 radical (unpaired) electrons. The van der Waals surface area contributed by atoms with Crippen LogP contribution >= 0.6 is 0 Å². The van der Waals surface area contributed by atoms with E-state index in [1.54, 1.807) is 13.1 Å². The Morgan fingerprint density at radius 1 is 1.25 bits per heavy atom. The first-order valence-corrected chi connectivity index (χ1v) is 8.69. The zero-order chi connectivity index (χ0) is 20.3. The minimum atomic E-state index is -0.722. The zero-order valence-corrected chi connectivity index (χ0v) is 15.5. The van der Waals surface area contributed by atoms with Crippen molar-refractivity contribution < 1.29 is 18.7 Å². The van der Waals surface area contributed by atoms with Gasteiger partial charge >= 0.3 is 11.6 Å². The summed E-state index contributed by atoms with van der Waals surface area (Å²) in [5, 5.41) is 9.55. The van der Waals surface area contributed by atoms with Gasteiger partial charge < -0.3 is 13.7 Å². The topological polar surface area (TPSA) is 102 Å². The molecule has 0 saturated heterocycles. The average molecular weight is 378 g/mol. The second kappa shape index (κ2) is 7.92. The summed E-state index contributed by atoms with van der Waals surface area (Å²) in [4.78, 5) is 36.4. The lowest BCUT2D eigenvalue weighted by Crippen LogP contribution is -2.17. The first-order chi connectivity index (χ1) is 13.4. The number of carbonyl (C=O) groups is 2. The molecule has 2 heterocycles. The van der Waals surface area contributed by atoms with Crippen molar-refractivity contribution in [2.75, 3.05) is 6.61 Å². The van der Waals surface area contributed by atoms with Gasteiger partial charge in [-0.25, -0.2) is 9.59 Å². The number of fused-ring (bicyclic) bond motifs is 1. The highest BCUT2D eigenvalue weighted by molar-refractivity contribution is 6.09. The maximum absolute atomic E-state index is 12.7. The van der Waals surface area contributed by atoms with Crippen LogP contribution in [0.2, 0.25) is 0 Å². The number of hydrogen-bond donors (Lipinski definition) is 0. The lowest BCUT2D eigenvalue weighted by atomic mass is 10.1. The summed E-state index contributed by atoms with van der Waals surface area (Å²) in [7, 11) is 0. The molecule has 2 aromatic heterocycles. The van der Waals surface area contributed by atoms with E-state index >= 15 is 0 Å². The molecule has 0 aliphatic carbocycles. The molecule has 3 rings (SSSR count). The Bertz CT molecular complexity index is 1140. The van der Waals surface area contributed by atoms with E-state index in [1.807, 2.05) is 28.8 Å². The standard InChI is InChI=1S/C21H18N2O5/c1-13-10-19(25)28-14(2)20(13)21(26)27-12-18(24)16-11-23(9-5-8-22)17-7-4-3-6-15(16)17/h3-4,6-7,10-11H,5,9,12H2,1-2H3. The third-order valence-electron chi connectivity index (χ3n) is 4.43. The predicted octanol–water partition coefficient (Wildman–Crippen LogP) is 3.16. The van der Waals surface area contributed by atoms with Crippen LogP contribution in [0.25, 0.3) is 10.9 Å². The second-order valence-corrected chi connectivity index (χ2v) is 6.34. The van der Waals surface area contributed by atoms with Gasteiger partial charge in [0, 0.05) is 35.3 Å². The number of nitrogens with zero attached hydrogens (tertiary/aromatic N) is 2. The Morgan fingerprint density at radius 2 is 2.00 bits per heavy atom. The molecule has 3 aromatic rings. The third kappa shape index (κ3) is 3.71. The first-order valence-electron chi connectivity index (χ1n) is 8.69. The summed E-state index contributed by atoms with van der Waals surface area (Å²) in [6, 6.07) is 10.6. The molecular weight excluding hydrogens is 360 g/mol. The predicted molar refractivity (Wildman–Crippen MR) is 101 cm³/mol. The van der Waals surface area contributed by atoms with Crippen molar-refractivity contribution in [1.82, 2.24) is 4.57 Å². The molecule has 28 heavy (non-hydrogen) atoms. The Kier molecular flexibility index (Phi) is 5.41. The minimum Gasteiger partial charge on any atom is -0.454 e. The first kappa shape index (κ1) is 19.1. The largest absolute Gasteiger partial charge is 0.454 e. The summed E-state index contributed by atoms with van der Waals surface area (Å²) >= 11 is 0. The van der Waals surface area contributed by atoms with Crippen LogP contribution < -0.4 is 5.63 Å². The van der Waals surface area contributed by atoms with Crippen molar-refractivity contribution in [3.05, 3.63) is 69.4 Å². The van der Waals surface area contributed by atoms with Crippen molar-refractivity contribution in [2.45, 2.75) is 26.8 Å². The number of para-hydroxylation sites is 1. The van der Waals surface area contributed by atoms with Gasteiger partial charge in [0.15, 0.2) is 6.61 Å². The van der Waals surface area contributed by atoms with Gasteiger partial charge in [-0.1, -0.05) is 18.2 Å². The Morgan fingerprint density at radius 3 is 2.71 bits per heavy atom. The van der Waals surface area contributed by atoms with Crippen molar-refractivity contribution in [3.63, 3.8) is 0 Å². The summed E-state index contributed by atoms with van der Waals surface area (Å²) < 4.78 is 11.9. The van der Waals surface area contributed by atoms with Crippen molar-refractivity contribution in [3.8, 4) is 6.07 Å². The number of rotatable bonds is 6. The molecule has 0 atom stereocenters. The van der Waals surface area contributed by atoms with E-state index in [2.05, 4.69) is 6.07 Å². The van der Waals surface area contributed by atoms with Crippen LogP contribution in [0.4, 0.5) is 0 Å². The summed E-state index contributed by atoms with van der Waals surface area (Å²) in [6.45, 7) is 3.12. The van der Waals surface area contributed by atoms with E-state index in [9.17, 15) is 14.4 Å². The fraction of sp³-hybridized carbons (Fsp3) is 0.238. The number of ether oxygens (including phenoxy) is 1. The maximum atomic E-state index is 12.7. The van der Waals surface area contributed by atoms with Gasteiger partial charge in [-0.15, -0.1) is 0 Å². The smallest absolute Gasteiger partial charge is 0.342 e. The molecule has 0 amide bonds. The Balaban J connectivity index is 1.82. The highest BCUT2D eigenvalue weighted by Gasteiger charge is 2.20. The number of aromatic nitrogens is 1. The van der Waals surface area contributed by atoms with Gasteiger partial charge in [-0.2, -0.15) is 5.26 Å². The van der Waals surface area contributed by atoms with Crippen LogP contribution in [0.15, 0.2) is 45.7 Å². The number of Topliss-reactive ketones (excluding diaryl/α,β-unsaturated/α-hetero) is 1. The minimum absolute atomic E-state index is 0.142. The molecule has 1 aromatic carbocycles. The van der Waals surface area contributed by atoms with Crippen LogP contribution in [0.5, 0.6) is 0 Å². The molecule has 0 unspecified atom stereocenters. The monoisotopic (exact) mass is 378 g/mol. The number of nitriles is 1. The van der Waals surface area contributed by atoms with E-state index in [-0.39, 0.29) is 17.1 Å². The fourth-order valence-electron chi connectivity index (χ4n) is 3.17. The molecule has 0 aliphatic heterocycles. The highest BCUT2D eigenvalue weighted by atomic mass is 16.5. The number of esters is 1. The lowest BCUT2D eigenvalue weighted by Gasteiger charge is -2.08. The van der Waals surface area contributed by atoms with Gasteiger partial charge in [-0.05, 0) is 25.5 Å². The fourth-order valence-corrected chi connectivity index (χ4v) is 3.17. The van der Waals surface area contributed by atoms with Crippen LogP contribution in [-0.4, -0.2) is 22.9 Å². The van der Waals surface area contributed by atoms with Crippen LogP contribution in [-0.2, 0) is 11.3 Å². The van der Waals surface area contributed by atoms with E-state index in [1.165, 1.54) is 13.0 Å². The Hall–Kier alpha value is -3.66. The van der Waals surface area contributed by atoms with Crippen molar-refractivity contribution in [2.24, 2.45) is 0 Å². The van der Waals surface area contributed by atoms with Gasteiger partial charge in [0.25, 0.3) is 0 Å². The number of ketones is 1. The number of hydrogen-bond acceptors (Lipinski definition) is 6. The SMILES string of the molecule is Cc1cc(=O)oc(C)c1C(=O)OCC(=O)c1cn(CCC#N)c2ccccc12. The van der Waals surface area contributed by atoms with E-state index in [0.717, 1.165) is 10.9 Å². The van der Waals surface area contributed by atoms with Crippen LogP contribution in [0, 0.1) is 25.2 Å². The summed E-state index contributed by atoms with van der Waals surface area (Å²) in [6.07, 6.45) is 2.00. The quantitative estimate of drug-likeness (QED) is 0.482. The van der Waals surface area contributed by atoms with E-state index in [4.69, 9.17) is 14.4 Å². The van der Waals surface area contributed by atoms with Crippen LogP contribution in [0.1, 0.15) is 38.5 Å². The third-order valence-corrected chi connectivity index (χ3v) is 4.43. The number of carbonyl (C=O) groups excluding carboxylic acids is 2. The molecule has 142 valence electrons. The van der Waals surface area contributed by atoms with Crippen molar-refractivity contribution in [1.29, 1.82) is 5.26 Å². The van der Waals surface area contributed by atoms with Gasteiger partial charge in [0.1, 0.15) is 11.3 Å². The number of benzene rings is 1. The second-order valence-electron chi connectivity index (χ2n) is 6.34. The van der Waals surface area contributed by atoms with E-state index in [0.29, 0.717) is 24.1 Å². The normalized spacial score (nSPS) is 10.6. The highest BCUT2D eigenvalue weighted by Crippen LogP contribution is 2.22. The van der Waals surface area contributed by atoms with E-state index < -0.39 is 18.2 Å². The van der Waals surface area contributed by atoms with Crippen molar-refractivity contribution >= 4 is 22.7 Å². The molecule has 7 heteroatoms. The molecule has 0 saturated carbocycles. The average Bonchev–Trinajstić information content (AvgIpc) is 3.02. The molecular formula is C21H18N2O5. The summed E-state index contributed by atoms with van der Waals surface area (Å²) in [5.74, 6) is -0.927. The zero-order valence-electron chi connectivity index (χ0n) is 15.5. The molecule has 0 N–H and O–H groups in total. The summed E-state index contributed by atoms with van der Waals surface area (Å²) in [5.41, 5.74) is 1.29. The van der Waals surface area contributed by atoms with Gasteiger partial charge in [-0.3, -0.25) is 4.79 Å². The molecule has 0 fully saturated rings. The van der Waals surface area contributed by atoms with Gasteiger partial charge in [0.2, 0.25) is 5.78 Å².